The van der Waals surface area contributed by atoms with Crippen LogP contribution in [0.4, 0.5) is 0 Å². The van der Waals surface area contributed by atoms with Crippen molar-refractivity contribution in [3.05, 3.63) is 25.3 Å². The molecule has 0 aliphatic carbocycles. The lowest BCUT2D eigenvalue weighted by atomic mass is 10.1. The highest BCUT2D eigenvalue weighted by molar-refractivity contribution is 4.87. The van der Waals surface area contributed by atoms with E-state index in [-0.39, 0.29) is 13.2 Å². The monoisotopic (exact) mass is 230 g/mol. The Hall–Kier alpha value is -0.720. The zero-order chi connectivity index (χ0) is 12.0. The molecule has 0 saturated carbocycles. The van der Waals surface area contributed by atoms with Gasteiger partial charge >= 0.3 is 0 Å². The van der Waals surface area contributed by atoms with E-state index in [2.05, 4.69) is 13.2 Å². The highest BCUT2D eigenvalue weighted by Gasteiger charge is 2.43. The van der Waals surface area contributed by atoms with Crippen molar-refractivity contribution < 1.29 is 24.4 Å². The molecule has 1 fully saturated rings. The molecule has 1 aliphatic heterocycles. The predicted octanol–water partition coefficient (Wildman–Crippen LogP) is -0.162. The van der Waals surface area contributed by atoms with E-state index in [4.69, 9.17) is 14.2 Å². The topological polar surface area (TPSA) is 68.2 Å². The molecule has 0 amide bonds. The molecule has 1 aliphatic rings. The Bertz CT molecular complexity index is 230. The first-order valence-corrected chi connectivity index (χ1v) is 5.13. The molecule has 0 unspecified atom stereocenters. The molecular formula is C11H18O5. The first-order chi connectivity index (χ1) is 7.70. The van der Waals surface area contributed by atoms with Crippen LogP contribution in [0.25, 0.3) is 0 Å². The van der Waals surface area contributed by atoms with Gasteiger partial charge in [-0.15, -0.1) is 13.2 Å². The maximum Gasteiger partial charge on any atom is 0.187 e. The zero-order valence-corrected chi connectivity index (χ0v) is 9.12. The number of ether oxygens (including phenoxy) is 3. The minimum atomic E-state index is -1.06. The average Bonchev–Trinajstić information content (AvgIpc) is 2.55. The maximum absolute atomic E-state index is 9.64. The van der Waals surface area contributed by atoms with E-state index in [1.54, 1.807) is 12.2 Å². The molecule has 0 bridgehead atoms. The molecule has 0 radical (unpaired) electrons. The van der Waals surface area contributed by atoms with Gasteiger partial charge in [-0.05, 0) is 0 Å². The first kappa shape index (κ1) is 13.3. The van der Waals surface area contributed by atoms with Gasteiger partial charge in [-0.25, -0.2) is 0 Å². The lowest BCUT2D eigenvalue weighted by Gasteiger charge is -2.13. The molecule has 4 atom stereocenters. The van der Waals surface area contributed by atoms with Gasteiger partial charge in [0, 0.05) is 0 Å². The standard InChI is InChI=1S/C11H18O5/c1-3-5-14-7-8-9(12)10(13)11(16-8)15-6-4-2/h3-4,8-13H,1-2,5-7H2/t8-,9+,10-,11+/m1/s1. The van der Waals surface area contributed by atoms with Crippen LogP contribution in [0.2, 0.25) is 0 Å². The van der Waals surface area contributed by atoms with Gasteiger partial charge in [0.15, 0.2) is 6.29 Å². The number of hydrogen-bond donors (Lipinski definition) is 2. The van der Waals surface area contributed by atoms with Gasteiger partial charge < -0.3 is 24.4 Å². The van der Waals surface area contributed by atoms with Gasteiger partial charge in [-0.3, -0.25) is 0 Å². The smallest absolute Gasteiger partial charge is 0.187 e. The second-order valence-corrected chi connectivity index (χ2v) is 3.47. The molecule has 1 saturated heterocycles. The van der Waals surface area contributed by atoms with Crippen LogP contribution in [0.5, 0.6) is 0 Å². The fourth-order valence-electron chi connectivity index (χ4n) is 1.42. The zero-order valence-electron chi connectivity index (χ0n) is 9.12. The molecule has 5 nitrogen and oxygen atoms in total. The van der Waals surface area contributed by atoms with Gasteiger partial charge in [-0.1, -0.05) is 12.2 Å². The number of rotatable bonds is 7. The predicted molar refractivity (Wildman–Crippen MR) is 57.8 cm³/mol. The Labute approximate surface area is 94.9 Å². The maximum atomic E-state index is 9.64. The van der Waals surface area contributed by atoms with E-state index >= 15 is 0 Å². The lowest BCUT2D eigenvalue weighted by Crippen LogP contribution is -2.35. The van der Waals surface area contributed by atoms with Crippen molar-refractivity contribution in [3.8, 4) is 0 Å². The summed E-state index contributed by atoms with van der Waals surface area (Å²) in [7, 11) is 0. The average molecular weight is 230 g/mol. The molecule has 0 spiro atoms. The quantitative estimate of drug-likeness (QED) is 0.470. The molecule has 1 rings (SSSR count). The second-order valence-electron chi connectivity index (χ2n) is 3.47. The van der Waals surface area contributed by atoms with Crippen LogP contribution in [-0.2, 0) is 14.2 Å². The van der Waals surface area contributed by atoms with E-state index in [0.29, 0.717) is 6.61 Å². The molecule has 5 heteroatoms. The van der Waals surface area contributed by atoms with Crippen LogP contribution in [0.3, 0.4) is 0 Å². The fourth-order valence-corrected chi connectivity index (χ4v) is 1.42. The van der Waals surface area contributed by atoms with Crippen LogP contribution in [0.1, 0.15) is 0 Å². The van der Waals surface area contributed by atoms with Crippen molar-refractivity contribution >= 4 is 0 Å². The summed E-state index contributed by atoms with van der Waals surface area (Å²) in [5.41, 5.74) is 0. The largest absolute Gasteiger partial charge is 0.387 e. The molecule has 2 N–H and O–H groups in total. The van der Waals surface area contributed by atoms with Crippen molar-refractivity contribution in [3.63, 3.8) is 0 Å². The van der Waals surface area contributed by atoms with E-state index in [9.17, 15) is 10.2 Å². The van der Waals surface area contributed by atoms with E-state index < -0.39 is 24.6 Å². The Morgan fingerprint density at radius 2 is 1.81 bits per heavy atom. The van der Waals surface area contributed by atoms with E-state index in [1.807, 2.05) is 0 Å². The summed E-state index contributed by atoms with van der Waals surface area (Å²) in [6.45, 7) is 7.81. The van der Waals surface area contributed by atoms with E-state index in [0.717, 1.165) is 0 Å². The lowest BCUT2D eigenvalue weighted by molar-refractivity contribution is -0.164. The molecule has 92 valence electrons. The molecule has 16 heavy (non-hydrogen) atoms. The summed E-state index contributed by atoms with van der Waals surface area (Å²) in [6.07, 6.45) is -0.319. The van der Waals surface area contributed by atoms with E-state index in [1.165, 1.54) is 0 Å². The Kier molecular flexibility index (Phi) is 5.65. The summed E-state index contributed by atoms with van der Waals surface area (Å²) in [5, 5.41) is 19.2. The van der Waals surface area contributed by atoms with Gasteiger partial charge in [0.05, 0.1) is 19.8 Å². The third-order valence-corrected chi connectivity index (χ3v) is 2.21. The fraction of sp³-hybridized carbons (Fsp3) is 0.636. The van der Waals surface area contributed by atoms with Crippen molar-refractivity contribution in [1.82, 2.24) is 0 Å². The second kappa shape index (κ2) is 6.78. The first-order valence-electron chi connectivity index (χ1n) is 5.13. The third-order valence-electron chi connectivity index (χ3n) is 2.21. The third kappa shape index (κ3) is 3.40. The highest BCUT2D eigenvalue weighted by Crippen LogP contribution is 2.22. The van der Waals surface area contributed by atoms with Crippen LogP contribution in [0, 0.1) is 0 Å². The highest BCUT2D eigenvalue weighted by atomic mass is 16.7. The van der Waals surface area contributed by atoms with Crippen LogP contribution in [0.15, 0.2) is 25.3 Å². The molecule has 0 aromatic carbocycles. The summed E-state index contributed by atoms with van der Waals surface area (Å²) in [6, 6.07) is 0. The van der Waals surface area contributed by atoms with Crippen molar-refractivity contribution in [1.29, 1.82) is 0 Å². The van der Waals surface area contributed by atoms with Crippen molar-refractivity contribution in [2.45, 2.75) is 24.6 Å². The van der Waals surface area contributed by atoms with Gasteiger partial charge in [-0.2, -0.15) is 0 Å². The number of aliphatic hydroxyl groups is 2. The van der Waals surface area contributed by atoms with Gasteiger partial charge in [0.25, 0.3) is 0 Å². The van der Waals surface area contributed by atoms with Gasteiger partial charge in [0.1, 0.15) is 18.3 Å². The summed E-state index contributed by atoms with van der Waals surface area (Å²) in [5.74, 6) is 0. The Balaban J connectivity index is 2.37. The molecule has 0 aromatic rings. The normalized spacial score (nSPS) is 33.9. The Morgan fingerprint density at radius 3 is 2.44 bits per heavy atom. The van der Waals surface area contributed by atoms with Crippen LogP contribution >= 0.6 is 0 Å². The van der Waals surface area contributed by atoms with Crippen LogP contribution < -0.4 is 0 Å². The molecular weight excluding hydrogens is 212 g/mol. The molecule has 0 aromatic heterocycles. The van der Waals surface area contributed by atoms with Crippen molar-refractivity contribution in [2.24, 2.45) is 0 Å². The van der Waals surface area contributed by atoms with Crippen molar-refractivity contribution in [2.75, 3.05) is 19.8 Å². The summed E-state index contributed by atoms with van der Waals surface area (Å²) in [4.78, 5) is 0. The van der Waals surface area contributed by atoms with Gasteiger partial charge in [0.2, 0.25) is 0 Å². The number of aliphatic hydroxyl groups excluding tert-OH is 2. The summed E-state index contributed by atoms with van der Waals surface area (Å²) < 4.78 is 15.6. The SMILES string of the molecule is C=CCOC[C@H]1O[C@H](OCC=C)[C@H](O)[C@H]1O. The minimum absolute atomic E-state index is 0.193. The summed E-state index contributed by atoms with van der Waals surface area (Å²) >= 11 is 0. The molecule has 1 heterocycles. The number of hydrogen-bond acceptors (Lipinski definition) is 5. The van der Waals surface area contributed by atoms with Crippen LogP contribution in [-0.4, -0.2) is 54.6 Å². The minimum Gasteiger partial charge on any atom is -0.387 e. The Morgan fingerprint density at radius 1 is 1.12 bits per heavy atom.